The van der Waals surface area contributed by atoms with Crippen molar-refractivity contribution in [3.63, 3.8) is 0 Å². The SMILES string of the molecule is CCCC1C(C)CCCN1C(=O)CNCC1CC1.Cl. The molecule has 1 saturated heterocycles. The minimum absolute atomic E-state index is 0. The first kappa shape index (κ1) is 16.8. The van der Waals surface area contributed by atoms with Crippen molar-refractivity contribution in [1.29, 1.82) is 0 Å². The molecule has 1 aliphatic heterocycles. The maximum atomic E-state index is 12.3. The molecule has 0 spiro atoms. The van der Waals surface area contributed by atoms with Crippen LogP contribution < -0.4 is 5.32 Å². The standard InChI is InChI=1S/C15H28N2O.ClH/c1-3-5-14-12(2)6-4-9-17(14)15(18)11-16-10-13-7-8-13;/h12-14,16H,3-11H2,1-2H3;1H. The topological polar surface area (TPSA) is 32.3 Å². The van der Waals surface area contributed by atoms with Gasteiger partial charge in [-0.25, -0.2) is 0 Å². The molecule has 1 heterocycles. The van der Waals surface area contributed by atoms with Crippen molar-refractivity contribution in [3.8, 4) is 0 Å². The fourth-order valence-corrected chi connectivity index (χ4v) is 3.10. The van der Waals surface area contributed by atoms with Crippen LogP contribution in [-0.2, 0) is 4.79 Å². The number of hydrogen-bond acceptors (Lipinski definition) is 2. The van der Waals surface area contributed by atoms with Gasteiger partial charge in [0.05, 0.1) is 6.54 Å². The Hall–Kier alpha value is -0.280. The zero-order valence-electron chi connectivity index (χ0n) is 12.4. The lowest BCUT2D eigenvalue weighted by Crippen LogP contribution is -2.50. The number of nitrogens with zero attached hydrogens (tertiary/aromatic N) is 1. The average Bonchev–Trinajstić information content (AvgIpc) is 3.16. The van der Waals surface area contributed by atoms with Crippen molar-refractivity contribution >= 4 is 18.3 Å². The lowest BCUT2D eigenvalue weighted by atomic mass is 9.88. The summed E-state index contributed by atoms with van der Waals surface area (Å²) in [6, 6.07) is 0.485. The molecule has 2 fully saturated rings. The number of nitrogens with one attached hydrogen (secondary N) is 1. The van der Waals surface area contributed by atoms with Gasteiger partial charge in [-0.2, -0.15) is 0 Å². The maximum Gasteiger partial charge on any atom is 0.236 e. The number of amides is 1. The molecule has 3 nitrogen and oxygen atoms in total. The number of carbonyl (C=O) groups excluding carboxylic acids is 1. The Bertz CT molecular complexity index is 281. The van der Waals surface area contributed by atoms with Gasteiger partial charge in [0.25, 0.3) is 0 Å². The molecule has 0 aromatic rings. The number of piperidine rings is 1. The first-order valence-electron chi connectivity index (χ1n) is 7.72. The maximum absolute atomic E-state index is 12.3. The molecular formula is C15H29ClN2O. The number of rotatable bonds is 6. The third kappa shape index (κ3) is 4.96. The monoisotopic (exact) mass is 288 g/mol. The van der Waals surface area contributed by atoms with E-state index in [9.17, 15) is 4.79 Å². The Balaban J connectivity index is 0.00000180. The fourth-order valence-electron chi connectivity index (χ4n) is 3.10. The van der Waals surface area contributed by atoms with Crippen LogP contribution in [0.4, 0.5) is 0 Å². The molecule has 0 aromatic heterocycles. The second kappa shape index (κ2) is 8.11. The van der Waals surface area contributed by atoms with Gasteiger partial charge >= 0.3 is 0 Å². The average molecular weight is 289 g/mol. The van der Waals surface area contributed by atoms with Crippen LogP contribution in [0, 0.1) is 11.8 Å². The summed E-state index contributed by atoms with van der Waals surface area (Å²) in [5, 5.41) is 3.33. The number of carbonyl (C=O) groups is 1. The number of halogens is 1. The summed E-state index contributed by atoms with van der Waals surface area (Å²) in [5.74, 6) is 1.84. The fraction of sp³-hybridized carbons (Fsp3) is 0.933. The van der Waals surface area contributed by atoms with Gasteiger partial charge in [0.2, 0.25) is 5.91 Å². The van der Waals surface area contributed by atoms with Crippen LogP contribution in [0.25, 0.3) is 0 Å². The Morgan fingerprint density at radius 3 is 2.68 bits per heavy atom. The molecule has 2 unspecified atom stereocenters. The van der Waals surface area contributed by atoms with E-state index in [0.29, 0.717) is 24.4 Å². The van der Waals surface area contributed by atoms with Gasteiger partial charge in [0.1, 0.15) is 0 Å². The van der Waals surface area contributed by atoms with E-state index in [1.807, 2.05) is 0 Å². The molecule has 19 heavy (non-hydrogen) atoms. The van der Waals surface area contributed by atoms with Crippen LogP contribution in [-0.4, -0.2) is 36.5 Å². The second-order valence-corrected chi connectivity index (χ2v) is 6.14. The zero-order valence-corrected chi connectivity index (χ0v) is 13.2. The predicted octanol–water partition coefficient (Wildman–Crippen LogP) is 2.84. The molecule has 1 saturated carbocycles. The van der Waals surface area contributed by atoms with E-state index < -0.39 is 0 Å². The molecule has 4 heteroatoms. The highest BCUT2D eigenvalue weighted by Gasteiger charge is 2.31. The summed E-state index contributed by atoms with van der Waals surface area (Å²) < 4.78 is 0. The predicted molar refractivity (Wildman–Crippen MR) is 81.6 cm³/mol. The minimum atomic E-state index is 0. The molecule has 0 aromatic carbocycles. The largest absolute Gasteiger partial charge is 0.338 e. The van der Waals surface area contributed by atoms with E-state index >= 15 is 0 Å². The Labute approximate surface area is 123 Å². The molecule has 2 aliphatic rings. The van der Waals surface area contributed by atoms with E-state index in [1.165, 1.54) is 32.1 Å². The van der Waals surface area contributed by atoms with Crippen molar-refractivity contribution in [2.24, 2.45) is 11.8 Å². The minimum Gasteiger partial charge on any atom is -0.338 e. The summed E-state index contributed by atoms with van der Waals surface area (Å²) in [4.78, 5) is 14.4. The van der Waals surface area contributed by atoms with Crippen molar-refractivity contribution < 1.29 is 4.79 Å². The summed E-state index contributed by atoms with van der Waals surface area (Å²) >= 11 is 0. The molecule has 1 amide bonds. The van der Waals surface area contributed by atoms with Crippen LogP contribution >= 0.6 is 12.4 Å². The van der Waals surface area contributed by atoms with Gasteiger partial charge in [-0.3, -0.25) is 4.79 Å². The Kier molecular flexibility index (Phi) is 7.16. The van der Waals surface area contributed by atoms with E-state index in [-0.39, 0.29) is 12.4 Å². The van der Waals surface area contributed by atoms with Crippen molar-refractivity contribution in [2.45, 2.75) is 58.4 Å². The smallest absolute Gasteiger partial charge is 0.236 e. The Morgan fingerprint density at radius 1 is 1.32 bits per heavy atom. The van der Waals surface area contributed by atoms with Gasteiger partial charge in [-0.1, -0.05) is 20.3 Å². The van der Waals surface area contributed by atoms with Gasteiger partial charge in [-0.05, 0) is 50.5 Å². The summed E-state index contributed by atoms with van der Waals surface area (Å²) in [6.07, 6.45) is 7.49. The van der Waals surface area contributed by atoms with E-state index in [1.54, 1.807) is 0 Å². The highest BCUT2D eigenvalue weighted by atomic mass is 35.5. The van der Waals surface area contributed by atoms with Gasteiger partial charge in [0.15, 0.2) is 0 Å². The summed E-state index contributed by atoms with van der Waals surface area (Å²) in [6.45, 7) is 7.07. The molecule has 0 radical (unpaired) electrons. The van der Waals surface area contributed by atoms with Crippen molar-refractivity contribution in [3.05, 3.63) is 0 Å². The van der Waals surface area contributed by atoms with Crippen LogP contribution in [0.3, 0.4) is 0 Å². The molecule has 2 atom stereocenters. The second-order valence-electron chi connectivity index (χ2n) is 6.14. The van der Waals surface area contributed by atoms with E-state index in [4.69, 9.17) is 0 Å². The highest BCUT2D eigenvalue weighted by molar-refractivity contribution is 5.85. The molecule has 1 N–H and O–H groups in total. The van der Waals surface area contributed by atoms with Crippen LogP contribution in [0.2, 0.25) is 0 Å². The summed E-state index contributed by atoms with van der Waals surface area (Å²) in [5.41, 5.74) is 0. The van der Waals surface area contributed by atoms with E-state index in [2.05, 4.69) is 24.1 Å². The van der Waals surface area contributed by atoms with Crippen molar-refractivity contribution in [2.75, 3.05) is 19.6 Å². The Morgan fingerprint density at radius 2 is 2.05 bits per heavy atom. The van der Waals surface area contributed by atoms with Crippen LogP contribution in [0.1, 0.15) is 52.4 Å². The van der Waals surface area contributed by atoms with Gasteiger partial charge in [-0.15, -0.1) is 12.4 Å². The summed E-state index contributed by atoms with van der Waals surface area (Å²) in [7, 11) is 0. The lowest BCUT2D eigenvalue weighted by Gasteiger charge is -2.40. The molecule has 1 aliphatic carbocycles. The normalized spacial score (nSPS) is 26.9. The highest BCUT2D eigenvalue weighted by Crippen LogP contribution is 2.28. The molecule has 2 rings (SSSR count). The van der Waals surface area contributed by atoms with Crippen LogP contribution in [0.5, 0.6) is 0 Å². The van der Waals surface area contributed by atoms with Crippen LogP contribution in [0.15, 0.2) is 0 Å². The number of likely N-dealkylation sites (tertiary alicyclic amines) is 1. The third-order valence-electron chi connectivity index (χ3n) is 4.43. The lowest BCUT2D eigenvalue weighted by molar-refractivity contribution is -0.135. The molecule has 112 valence electrons. The first-order valence-corrected chi connectivity index (χ1v) is 7.72. The van der Waals surface area contributed by atoms with E-state index in [0.717, 1.165) is 25.4 Å². The quantitative estimate of drug-likeness (QED) is 0.815. The number of hydrogen-bond donors (Lipinski definition) is 1. The third-order valence-corrected chi connectivity index (χ3v) is 4.43. The molecular weight excluding hydrogens is 260 g/mol. The first-order chi connectivity index (χ1) is 8.72. The molecule has 0 bridgehead atoms. The zero-order chi connectivity index (χ0) is 13.0. The van der Waals surface area contributed by atoms with Gasteiger partial charge < -0.3 is 10.2 Å². The van der Waals surface area contributed by atoms with Gasteiger partial charge in [0, 0.05) is 12.6 Å². The van der Waals surface area contributed by atoms with Crippen molar-refractivity contribution in [1.82, 2.24) is 10.2 Å².